The number of hydrogen-bond donors (Lipinski definition) is 1. The van der Waals surface area contributed by atoms with Crippen LogP contribution in [0.15, 0.2) is 12.7 Å². The zero-order valence-corrected chi connectivity index (χ0v) is 9.19. The first-order valence-electron chi connectivity index (χ1n) is 5.41. The lowest BCUT2D eigenvalue weighted by atomic mass is 9.91. The Hall–Kier alpha value is -1.03. The normalized spacial score (nSPS) is 19.7. The van der Waals surface area contributed by atoms with Gasteiger partial charge in [0.2, 0.25) is 0 Å². The lowest BCUT2D eigenvalue weighted by molar-refractivity contribution is 0.0668. The van der Waals surface area contributed by atoms with Gasteiger partial charge in [0.05, 0.1) is 12.7 Å². The van der Waals surface area contributed by atoms with Gasteiger partial charge in [-0.15, -0.1) is 6.58 Å². The van der Waals surface area contributed by atoms with E-state index in [0.29, 0.717) is 19.7 Å². The summed E-state index contributed by atoms with van der Waals surface area (Å²) < 4.78 is 4.91. The van der Waals surface area contributed by atoms with Crippen LogP contribution in [0, 0.1) is 5.92 Å². The Morgan fingerprint density at radius 2 is 2.27 bits per heavy atom. The van der Waals surface area contributed by atoms with Crippen molar-refractivity contribution in [2.75, 3.05) is 19.7 Å². The first kappa shape index (κ1) is 12.0. The molecule has 0 saturated carbocycles. The molecule has 0 aliphatic carbocycles. The number of nitrogens with zero attached hydrogens (tertiary/aromatic N) is 1. The van der Waals surface area contributed by atoms with Crippen molar-refractivity contribution < 1.29 is 14.6 Å². The molecule has 0 aromatic carbocycles. The van der Waals surface area contributed by atoms with Gasteiger partial charge in [-0.05, 0) is 25.7 Å². The van der Waals surface area contributed by atoms with Crippen LogP contribution in [0.3, 0.4) is 0 Å². The summed E-state index contributed by atoms with van der Waals surface area (Å²) >= 11 is 0. The third-order valence-corrected chi connectivity index (χ3v) is 2.79. The summed E-state index contributed by atoms with van der Waals surface area (Å²) in [5, 5.41) is 9.56. The molecule has 1 rings (SSSR count). The molecular formula is C11H19NO3. The molecule has 86 valence electrons. The number of aliphatic hydroxyl groups excluding tert-OH is 1. The van der Waals surface area contributed by atoms with E-state index in [0.717, 1.165) is 12.8 Å². The van der Waals surface area contributed by atoms with E-state index >= 15 is 0 Å². The Bertz CT molecular complexity index is 222. The van der Waals surface area contributed by atoms with E-state index in [-0.39, 0.29) is 12.0 Å². The maximum atomic E-state index is 11.4. The van der Waals surface area contributed by atoms with Crippen LogP contribution in [0.2, 0.25) is 0 Å². The van der Waals surface area contributed by atoms with Crippen molar-refractivity contribution in [2.24, 2.45) is 5.92 Å². The molecule has 1 aliphatic heterocycles. The van der Waals surface area contributed by atoms with Crippen LogP contribution >= 0.6 is 0 Å². The third kappa shape index (κ3) is 3.23. The minimum atomic E-state index is -0.450. The summed E-state index contributed by atoms with van der Waals surface area (Å²) in [7, 11) is 0. The fourth-order valence-corrected chi connectivity index (χ4v) is 1.83. The van der Waals surface area contributed by atoms with Gasteiger partial charge in [0.1, 0.15) is 0 Å². The predicted octanol–water partition coefficient (Wildman–Crippen LogP) is 1.40. The molecule has 1 aliphatic rings. The zero-order valence-electron chi connectivity index (χ0n) is 9.19. The highest BCUT2D eigenvalue weighted by Gasteiger charge is 2.26. The molecule has 1 fully saturated rings. The van der Waals surface area contributed by atoms with E-state index in [2.05, 4.69) is 6.58 Å². The van der Waals surface area contributed by atoms with Crippen molar-refractivity contribution in [3.8, 4) is 0 Å². The molecule has 0 aromatic heterocycles. The lowest BCUT2D eigenvalue weighted by Crippen LogP contribution is -2.41. The number of likely N-dealkylation sites (tertiary alicyclic amines) is 1. The monoisotopic (exact) mass is 213 g/mol. The summed E-state index contributed by atoms with van der Waals surface area (Å²) in [6.07, 6.45) is 2.49. The molecule has 1 N–H and O–H groups in total. The number of rotatable bonds is 3. The van der Waals surface area contributed by atoms with E-state index < -0.39 is 6.10 Å². The van der Waals surface area contributed by atoms with Gasteiger partial charge >= 0.3 is 6.09 Å². The number of carbonyl (C=O) groups is 1. The fraction of sp³-hybridized carbons (Fsp3) is 0.727. The zero-order chi connectivity index (χ0) is 11.3. The van der Waals surface area contributed by atoms with Crippen molar-refractivity contribution in [3.63, 3.8) is 0 Å². The van der Waals surface area contributed by atoms with E-state index in [9.17, 15) is 9.90 Å². The highest BCUT2D eigenvalue weighted by Crippen LogP contribution is 2.21. The third-order valence-electron chi connectivity index (χ3n) is 2.79. The fourth-order valence-electron chi connectivity index (χ4n) is 1.83. The van der Waals surface area contributed by atoms with Crippen LogP contribution in [0.4, 0.5) is 4.79 Å². The molecule has 0 radical (unpaired) electrons. The van der Waals surface area contributed by atoms with Crippen LogP contribution in [0.1, 0.15) is 19.8 Å². The maximum Gasteiger partial charge on any atom is 0.409 e. The molecule has 0 bridgehead atoms. The quantitative estimate of drug-likeness (QED) is 0.721. The van der Waals surface area contributed by atoms with Gasteiger partial charge in [0.15, 0.2) is 0 Å². The van der Waals surface area contributed by atoms with E-state index in [1.54, 1.807) is 17.9 Å². The van der Waals surface area contributed by atoms with Gasteiger partial charge in [-0.1, -0.05) is 6.08 Å². The number of piperidine rings is 1. The van der Waals surface area contributed by atoms with Crippen molar-refractivity contribution in [3.05, 3.63) is 12.7 Å². The van der Waals surface area contributed by atoms with Crippen LogP contribution < -0.4 is 0 Å². The Kier molecular flexibility index (Phi) is 4.62. The van der Waals surface area contributed by atoms with Crippen molar-refractivity contribution in [1.82, 2.24) is 4.90 Å². The second-order valence-electron chi connectivity index (χ2n) is 3.75. The van der Waals surface area contributed by atoms with E-state index in [4.69, 9.17) is 4.74 Å². The number of aliphatic hydroxyl groups is 1. The molecule has 1 amide bonds. The Labute approximate surface area is 90.5 Å². The number of carbonyl (C=O) groups excluding carboxylic acids is 1. The highest BCUT2D eigenvalue weighted by molar-refractivity contribution is 5.67. The van der Waals surface area contributed by atoms with E-state index in [1.165, 1.54) is 0 Å². The smallest absolute Gasteiger partial charge is 0.409 e. The van der Waals surface area contributed by atoms with Crippen LogP contribution in [-0.4, -0.2) is 41.9 Å². The van der Waals surface area contributed by atoms with Gasteiger partial charge in [-0.2, -0.15) is 0 Å². The average molecular weight is 213 g/mol. The summed E-state index contributed by atoms with van der Waals surface area (Å²) in [6.45, 7) is 7.09. The summed E-state index contributed by atoms with van der Waals surface area (Å²) in [5.74, 6) is 0.230. The Morgan fingerprint density at radius 3 is 2.73 bits per heavy atom. The van der Waals surface area contributed by atoms with Gasteiger partial charge < -0.3 is 14.7 Å². The van der Waals surface area contributed by atoms with Crippen LogP contribution in [0.25, 0.3) is 0 Å². The van der Waals surface area contributed by atoms with Gasteiger partial charge in [-0.3, -0.25) is 0 Å². The Morgan fingerprint density at radius 1 is 1.67 bits per heavy atom. The minimum absolute atomic E-state index is 0.230. The van der Waals surface area contributed by atoms with Crippen LogP contribution in [-0.2, 0) is 4.74 Å². The molecule has 4 nitrogen and oxygen atoms in total. The summed E-state index contributed by atoms with van der Waals surface area (Å²) in [4.78, 5) is 13.1. The number of ether oxygens (including phenoxy) is 1. The molecule has 1 saturated heterocycles. The molecule has 1 atom stereocenters. The molecule has 0 spiro atoms. The lowest BCUT2D eigenvalue weighted by Gasteiger charge is -2.32. The van der Waals surface area contributed by atoms with Crippen molar-refractivity contribution in [1.29, 1.82) is 0 Å². The summed E-state index contributed by atoms with van der Waals surface area (Å²) in [5.41, 5.74) is 0. The molecule has 1 unspecified atom stereocenters. The average Bonchev–Trinajstić information content (AvgIpc) is 2.28. The molecule has 15 heavy (non-hydrogen) atoms. The SMILES string of the molecule is C=CC(O)C1CCN(C(=O)OCC)CC1. The van der Waals surface area contributed by atoms with Gasteiger partial charge in [0, 0.05) is 13.1 Å². The maximum absolute atomic E-state index is 11.4. The van der Waals surface area contributed by atoms with Gasteiger partial charge in [-0.25, -0.2) is 4.79 Å². The highest BCUT2D eigenvalue weighted by atomic mass is 16.6. The number of amides is 1. The largest absolute Gasteiger partial charge is 0.450 e. The second-order valence-corrected chi connectivity index (χ2v) is 3.75. The second kappa shape index (κ2) is 5.75. The topological polar surface area (TPSA) is 49.8 Å². The summed E-state index contributed by atoms with van der Waals surface area (Å²) in [6, 6.07) is 0. The van der Waals surface area contributed by atoms with E-state index in [1.807, 2.05) is 0 Å². The van der Waals surface area contributed by atoms with Crippen LogP contribution in [0.5, 0.6) is 0 Å². The molecule has 0 aromatic rings. The van der Waals surface area contributed by atoms with Crippen molar-refractivity contribution >= 4 is 6.09 Å². The molecule has 1 heterocycles. The predicted molar refractivity (Wildman–Crippen MR) is 57.5 cm³/mol. The molecular weight excluding hydrogens is 194 g/mol. The van der Waals surface area contributed by atoms with Crippen molar-refractivity contribution in [2.45, 2.75) is 25.9 Å². The minimum Gasteiger partial charge on any atom is -0.450 e. The first-order chi connectivity index (χ1) is 7.19. The van der Waals surface area contributed by atoms with Gasteiger partial charge in [0.25, 0.3) is 0 Å². The Balaban J connectivity index is 2.35. The standard InChI is InChI=1S/C11H19NO3/c1-3-10(13)9-5-7-12(8-6-9)11(14)15-4-2/h3,9-10,13H,1,4-8H2,2H3. The molecule has 4 heteroatoms. The number of hydrogen-bond acceptors (Lipinski definition) is 3. The first-order valence-corrected chi connectivity index (χ1v) is 5.41.